The normalized spacial score (nSPS) is 10.2. The van der Waals surface area contributed by atoms with E-state index in [9.17, 15) is 19.6 Å². The Labute approximate surface area is 96.1 Å². The molecule has 0 unspecified atom stereocenters. The molecule has 2 aromatic carbocycles. The highest BCUT2D eigenvalue weighted by Crippen LogP contribution is 2.35. The highest BCUT2D eigenvalue weighted by molar-refractivity contribution is 5.69. The summed E-state index contributed by atoms with van der Waals surface area (Å²) >= 11 is 0. The standard InChI is InChI=1S/C12H8FNO3/c13-11-9(8-4-2-1-3-5-8)6-7-10(12(11)15)14(16)17/h1-7,15H. The Balaban J connectivity index is 2.60. The maximum atomic E-state index is 13.8. The number of halogens is 1. The first-order valence-corrected chi connectivity index (χ1v) is 4.82. The second kappa shape index (κ2) is 4.21. The van der Waals surface area contributed by atoms with Crippen molar-refractivity contribution >= 4 is 5.69 Å². The molecule has 0 aliphatic rings. The Morgan fingerprint density at radius 1 is 1.12 bits per heavy atom. The van der Waals surface area contributed by atoms with Crippen molar-refractivity contribution in [3.05, 3.63) is 58.4 Å². The van der Waals surface area contributed by atoms with Crippen LogP contribution in [0.25, 0.3) is 11.1 Å². The first-order chi connectivity index (χ1) is 8.11. The number of aromatic hydroxyl groups is 1. The lowest BCUT2D eigenvalue weighted by molar-refractivity contribution is -0.386. The van der Waals surface area contributed by atoms with Gasteiger partial charge in [-0.2, -0.15) is 0 Å². The summed E-state index contributed by atoms with van der Waals surface area (Å²) in [7, 11) is 0. The number of hydrogen-bond acceptors (Lipinski definition) is 3. The van der Waals surface area contributed by atoms with Crippen LogP contribution in [-0.4, -0.2) is 10.0 Å². The zero-order valence-corrected chi connectivity index (χ0v) is 8.63. The molecule has 0 radical (unpaired) electrons. The topological polar surface area (TPSA) is 63.4 Å². The van der Waals surface area contributed by atoms with Gasteiger partial charge < -0.3 is 5.11 Å². The summed E-state index contributed by atoms with van der Waals surface area (Å²) in [6.45, 7) is 0. The quantitative estimate of drug-likeness (QED) is 0.640. The minimum absolute atomic E-state index is 0.133. The van der Waals surface area contributed by atoms with Gasteiger partial charge in [-0.15, -0.1) is 0 Å². The molecule has 17 heavy (non-hydrogen) atoms. The zero-order valence-electron chi connectivity index (χ0n) is 8.63. The minimum Gasteiger partial charge on any atom is -0.500 e. The van der Waals surface area contributed by atoms with Crippen molar-refractivity contribution < 1.29 is 14.4 Å². The van der Waals surface area contributed by atoms with E-state index in [-0.39, 0.29) is 5.56 Å². The largest absolute Gasteiger partial charge is 0.500 e. The third-order valence-electron chi connectivity index (χ3n) is 2.38. The number of phenols is 1. The fraction of sp³-hybridized carbons (Fsp3) is 0. The molecule has 86 valence electrons. The van der Waals surface area contributed by atoms with Crippen molar-refractivity contribution in [3.63, 3.8) is 0 Å². The zero-order chi connectivity index (χ0) is 12.4. The van der Waals surface area contributed by atoms with Crippen molar-refractivity contribution in [1.29, 1.82) is 0 Å². The molecule has 0 aromatic heterocycles. The van der Waals surface area contributed by atoms with Crippen molar-refractivity contribution in [2.24, 2.45) is 0 Å². The highest BCUT2D eigenvalue weighted by atomic mass is 19.1. The van der Waals surface area contributed by atoms with Gasteiger partial charge in [-0.1, -0.05) is 30.3 Å². The van der Waals surface area contributed by atoms with Gasteiger partial charge in [0.05, 0.1) is 4.92 Å². The molecule has 0 aliphatic carbocycles. The summed E-state index contributed by atoms with van der Waals surface area (Å²) in [5.41, 5.74) is 0.0473. The van der Waals surface area contributed by atoms with E-state index in [1.165, 1.54) is 6.07 Å². The first-order valence-electron chi connectivity index (χ1n) is 4.82. The van der Waals surface area contributed by atoms with E-state index in [0.717, 1.165) is 6.07 Å². The average molecular weight is 233 g/mol. The predicted molar refractivity (Wildman–Crippen MR) is 60.2 cm³/mol. The number of hydrogen-bond donors (Lipinski definition) is 1. The Morgan fingerprint density at radius 2 is 1.76 bits per heavy atom. The molecule has 2 aromatic rings. The molecular weight excluding hydrogens is 225 g/mol. The Kier molecular flexibility index (Phi) is 2.74. The summed E-state index contributed by atoms with van der Waals surface area (Å²) in [6, 6.07) is 10.9. The van der Waals surface area contributed by atoms with Crippen molar-refractivity contribution in [1.82, 2.24) is 0 Å². The smallest absolute Gasteiger partial charge is 0.313 e. The highest BCUT2D eigenvalue weighted by Gasteiger charge is 2.20. The monoisotopic (exact) mass is 233 g/mol. The molecule has 0 heterocycles. The van der Waals surface area contributed by atoms with Gasteiger partial charge in [0.15, 0.2) is 5.82 Å². The summed E-state index contributed by atoms with van der Waals surface area (Å²) in [5, 5.41) is 19.9. The van der Waals surface area contributed by atoms with Gasteiger partial charge in [-0.3, -0.25) is 10.1 Å². The molecule has 1 N–H and O–H groups in total. The van der Waals surface area contributed by atoms with Gasteiger partial charge in [-0.25, -0.2) is 4.39 Å². The average Bonchev–Trinajstić information content (AvgIpc) is 2.33. The van der Waals surface area contributed by atoms with E-state index in [4.69, 9.17) is 0 Å². The third kappa shape index (κ3) is 1.94. The Hall–Kier alpha value is -2.43. The van der Waals surface area contributed by atoms with E-state index >= 15 is 0 Å². The molecule has 0 spiro atoms. The van der Waals surface area contributed by atoms with Gasteiger partial charge in [0, 0.05) is 11.6 Å². The van der Waals surface area contributed by atoms with Crippen molar-refractivity contribution in [2.75, 3.05) is 0 Å². The maximum absolute atomic E-state index is 13.8. The van der Waals surface area contributed by atoms with Crippen LogP contribution in [0.1, 0.15) is 0 Å². The van der Waals surface area contributed by atoms with Crippen molar-refractivity contribution in [3.8, 4) is 16.9 Å². The molecule has 0 saturated carbocycles. The number of benzene rings is 2. The number of nitrogens with zero attached hydrogens (tertiary/aromatic N) is 1. The first kappa shape index (κ1) is 11.1. The summed E-state index contributed by atoms with van der Waals surface area (Å²) < 4.78 is 13.8. The van der Waals surface area contributed by atoms with Crippen LogP contribution in [0.4, 0.5) is 10.1 Å². The van der Waals surface area contributed by atoms with Gasteiger partial charge in [-0.05, 0) is 11.6 Å². The number of rotatable bonds is 2. The molecule has 4 nitrogen and oxygen atoms in total. The van der Waals surface area contributed by atoms with Crippen LogP contribution in [0, 0.1) is 15.9 Å². The second-order valence-corrected chi connectivity index (χ2v) is 3.42. The SMILES string of the molecule is O=[N+]([O-])c1ccc(-c2ccccc2)c(F)c1O. The van der Waals surface area contributed by atoms with E-state index < -0.39 is 22.2 Å². The Bertz CT molecular complexity index is 569. The molecule has 0 bridgehead atoms. The predicted octanol–water partition coefficient (Wildman–Crippen LogP) is 3.11. The molecule has 0 fully saturated rings. The molecule has 0 aliphatic heterocycles. The van der Waals surface area contributed by atoms with Crippen LogP contribution in [0.3, 0.4) is 0 Å². The third-order valence-corrected chi connectivity index (χ3v) is 2.38. The molecule has 2 rings (SSSR count). The molecule has 0 saturated heterocycles. The number of phenolic OH excluding ortho intramolecular Hbond substituents is 1. The van der Waals surface area contributed by atoms with Gasteiger partial charge in [0.2, 0.25) is 5.75 Å². The minimum atomic E-state index is -0.981. The molecule has 5 heteroatoms. The summed E-state index contributed by atoms with van der Waals surface area (Å²) in [4.78, 5) is 9.67. The number of nitro benzene ring substituents is 1. The van der Waals surface area contributed by atoms with E-state index in [1.54, 1.807) is 30.3 Å². The van der Waals surface area contributed by atoms with Crippen LogP contribution in [-0.2, 0) is 0 Å². The van der Waals surface area contributed by atoms with E-state index in [1.807, 2.05) is 0 Å². The molecule has 0 atom stereocenters. The van der Waals surface area contributed by atoms with Gasteiger partial charge in [0.1, 0.15) is 0 Å². The van der Waals surface area contributed by atoms with E-state index in [2.05, 4.69) is 0 Å². The van der Waals surface area contributed by atoms with Crippen LogP contribution in [0.2, 0.25) is 0 Å². The number of nitro groups is 1. The summed E-state index contributed by atoms with van der Waals surface area (Å²) in [5.74, 6) is -1.92. The lowest BCUT2D eigenvalue weighted by Gasteiger charge is -2.05. The second-order valence-electron chi connectivity index (χ2n) is 3.42. The van der Waals surface area contributed by atoms with Gasteiger partial charge in [0.25, 0.3) is 0 Å². The molecular formula is C12H8FNO3. The van der Waals surface area contributed by atoms with Crippen molar-refractivity contribution in [2.45, 2.75) is 0 Å². The van der Waals surface area contributed by atoms with Crippen LogP contribution >= 0.6 is 0 Å². The fourth-order valence-corrected chi connectivity index (χ4v) is 1.54. The Morgan fingerprint density at radius 3 is 2.35 bits per heavy atom. The molecule has 0 amide bonds. The summed E-state index contributed by atoms with van der Waals surface area (Å²) in [6.07, 6.45) is 0. The fourth-order valence-electron chi connectivity index (χ4n) is 1.54. The maximum Gasteiger partial charge on any atom is 0.313 e. The van der Waals surface area contributed by atoms with Crippen LogP contribution < -0.4 is 0 Å². The lowest BCUT2D eigenvalue weighted by Crippen LogP contribution is -1.92. The van der Waals surface area contributed by atoms with Crippen LogP contribution in [0.5, 0.6) is 5.75 Å². The lowest BCUT2D eigenvalue weighted by atomic mass is 10.0. The van der Waals surface area contributed by atoms with Crippen LogP contribution in [0.15, 0.2) is 42.5 Å². The van der Waals surface area contributed by atoms with E-state index in [0.29, 0.717) is 5.56 Å². The van der Waals surface area contributed by atoms with Gasteiger partial charge >= 0.3 is 5.69 Å².